The molecule has 0 saturated heterocycles. The second kappa shape index (κ2) is 6.51. The van der Waals surface area contributed by atoms with Crippen molar-refractivity contribution in [3.8, 4) is 0 Å². The van der Waals surface area contributed by atoms with Crippen LogP contribution in [0, 0.1) is 6.92 Å². The van der Waals surface area contributed by atoms with Gasteiger partial charge in [-0.3, -0.25) is 4.79 Å². The molecule has 7 heteroatoms. The Hall–Kier alpha value is -1.89. The van der Waals surface area contributed by atoms with Crippen LogP contribution in [0.2, 0.25) is 0 Å². The highest BCUT2D eigenvalue weighted by atomic mass is 32.2. The highest BCUT2D eigenvalue weighted by Crippen LogP contribution is 2.19. The van der Waals surface area contributed by atoms with Gasteiger partial charge in [-0.15, -0.1) is 11.8 Å². The number of hydrogen-bond acceptors (Lipinski definition) is 6. The van der Waals surface area contributed by atoms with Gasteiger partial charge in [-0.1, -0.05) is 5.16 Å². The van der Waals surface area contributed by atoms with E-state index in [1.54, 1.807) is 30.2 Å². The van der Waals surface area contributed by atoms with Gasteiger partial charge in [0.1, 0.15) is 5.03 Å². The number of pyridine rings is 1. The fourth-order valence-electron chi connectivity index (χ4n) is 1.79. The first-order chi connectivity index (χ1) is 9.65. The van der Waals surface area contributed by atoms with Crippen LogP contribution in [0.25, 0.3) is 0 Å². The van der Waals surface area contributed by atoms with Gasteiger partial charge in [-0.05, 0) is 25.3 Å². The Morgan fingerprint density at radius 2 is 2.30 bits per heavy atom. The van der Waals surface area contributed by atoms with Gasteiger partial charge in [0.15, 0.2) is 5.82 Å². The van der Waals surface area contributed by atoms with Crippen molar-refractivity contribution in [1.29, 1.82) is 0 Å². The van der Waals surface area contributed by atoms with Gasteiger partial charge in [0.05, 0.1) is 12.1 Å². The van der Waals surface area contributed by atoms with E-state index in [2.05, 4.69) is 15.1 Å². The molecule has 0 aromatic carbocycles. The molecule has 0 spiro atoms. The number of aryl methyl sites for hydroxylation is 1. The van der Waals surface area contributed by atoms with E-state index in [0.717, 1.165) is 5.03 Å². The van der Waals surface area contributed by atoms with Crippen LogP contribution in [-0.4, -0.2) is 38.7 Å². The van der Waals surface area contributed by atoms with Crippen LogP contribution in [-0.2, 0) is 6.54 Å². The fourth-order valence-corrected chi connectivity index (χ4v) is 2.33. The van der Waals surface area contributed by atoms with Crippen molar-refractivity contribution >= 4 is 17.7 Å². The molecule has 0 N–H and O–H groups in total. The summed E-state index contributed by atoms with van der Waals surface area (Å²) < 4.78 is 4.92. The van der Waals surface area contributed by atoms with Gasteiger partial charge in [0, 0.05) is 19.7 Å². The zero-order chi connectivity index (χ0) is 14.5. The Labute approximate surface area is 121 Å². The van der Waals surface area contributed by atoms with E-state index in [1.807, 2.05) is 13.2 Å². The molecule has 0 aliphatic rings. The lowest BCUT2D eigenvalue weighted by molar-refractivity contribution is 0.0743. The molecule has 106 valence electrons. The van der Waals surface area contributed by atoms with E-state index < -0.39 is 0 Å². The third kappa shape index (κ3) is 3.16. The second-order valence-electron chi connectivity index (χ2n) is 4.11. The Balaban J connectivity index is 2.20. The van der Waals surface area contributed by atoms with Crippen LogP contribution in [0.3, 0.4) is 0 Å². The highest BCUT2D eigenvalue weighted by Gasteiger charge is 2.19. The Morgan fingerprint density at radius 3 is 2.90 bits per heavy atom. The molecule has 2 aromatic heterocycles. The lowest BCUT2D eigenvalue weighted by atomic mass is 10.2. The monoisotopic (exact) mass is 292 g/mol. The van der Waals surface area contributed by atoms with Crippen LogP contribution >= 0.6 is 11.8 Å². The third-order valence-corrected chi connectivity index (χ3v) is 3.48. The van der Waals surface area contributed by atoms with Gasteiger partial charge in [0.2, 0.25) is 5.89 Å². The Kier molecular flexibility index (Phi) is 4.73. The summed E-state index contributed by atoms with van der Waals surface area (Å²) in [5.74, 6) is 0.925. The molecule has 2 aromatic rings. The summed E-state index contributed by atoms with van der Waals surface area (Å²) >= 11 is 1.45. The standard InChI is InChI=1S/C13H16N4O2S/c1-4-17(8-11-15-9(2)19-16-11)13(18)10-6-5-7-14-12(10)20-3/h5-7H,4,8H2,1-3H3. The number of hydrogen-bond donors (Lipinski definition) is 0. The number of thioether (sulfide) groups is 1. The van der Waals surface area contributed by atoms with Crippen molar-refractivity contribution in [1.82, 2.24) is 20.0 Å². The van der Waals surface area contributed by atoms with Crippen molar-refractivity contribution < 1.29 is 9.32 Å². The van der Waals surface area contributed by atoms with Gasteiger partial charge in [-0.25, -0.2) is 4.98 Å². The van der Waals surface area contributed by atoms with Gasteiger partial charge in [-0.2, -0.15) is 4.98 Å². The van der Waals surface area contributed by atoms with Crippen LogP contribution < -0.4 is 0 Å². The fraction of sp³-hybridized carbons (Fsp3) is 0.385. The summed E-state index contributed by atoms with van der Waals surface area (Å²) in [7, 11) is 0. The molecule has 0 saturated carbocycles. The molecule has 0 bridgehead atoms. The number of nitrogens with zero attached hydrogens (tertiary/aromatic N) is 4. The van der Waals surface area contributed by atoms with E-state index in [1.165, 1.54) is 11.8 Å². The predicted octanol–water partition coefficient (Wildman–Crippen LogP) is 2.16. The van der Waals surface area contributed by atoms with Crippen LogP contribution in [0.1, 0.15) is 29.0 Å². The molecular formula is C13H16N4O2S. The summed E-state index contributed by atoms with van der Waals surface area (Å²) in [6, 6.07) is 3.55. The molecule has 2 rings (SSSR count). The summed E-state index contributed by atoms with van der Waals surface area (Å²) in [5.41, 5.74) is 0.599. The highest BCUT2D eigenvalue weighted by molar-refractivity contribution is 7.98. The molecular weight excluding hydrogens is 276 g/mol. The molecule has 0 radical (unpaired) electrons. The average molecular weight is 292 g/mol. The van der Waals surface area contributed by atoms with Gasteiger partial charge >= 0.3 is 0 Å². The van der Waals surface area contributed by atoms with E-state index in [9.17, 15) is 4.79 Å². The number of amides is 1. The first-order valence-electron chi connectivity index (χ1n) is 6.23. The minimum absolute atomic E-state index is 0.0765. The molecule has 2 heterocycles. The maximum absolute atomic E-state index is 12.6. The smallest absolute Gasteiger partial charge is 0.256 e. The molecule has 1 amide bonds. The lowest BCUT2D eigenvalue weighted by Gasteiger charge is -2.19. The molecule has 0 atom stereocenters. The molecule has 0 fully saturated rings. The first kappa shape index (κ1) is 14.5. The average Bonchev–Trinajstić information content (AvgIpc) is 2.89. The van der Waals surface area contributed by atoms with E-state index >= 15 is 0 Å². The number of aromatic nitrogens is 3. The summed E-state index contributed by atoms with van der Waals surface area (Å²) in [4.78, 5) is 22.6. The number of carbonyl (C=O) groups is 1. The first-order valence-corrected chi connectivity index (χ1v) is 7.45. The van der Waals surface area contributed by atoms with Crippen molar-refractivity contribution in [2.75, 3.05) is 12.8 Å². The summed E-state index contributed by atoms with van der Waals surface area (Å²) in [6.07, 6.45) is 3.58. The maximum Gasteiger partial charge on any atom is 0.256 e. The SMILES string of the molecule is CCN(Cc1noc(C)n1)C(=O)c1cccnc1SC. The van der Waals surface area contributed by atoms with E-state index in [4.69, 9.17) is 4.52 Å². The topological polar surface area (TPSA) is 72.1 Å². The van der Waals surface area contributed by atoms with Gasteiger partial charge < -0.3 is 9.42 Å². The van der Waals surface area contributed by atoms with Crippen LogP contribution in [0.4, 0.5) is 0 Å². The molecule has 0 aliphatic heterocycles. The molecule has 6 nitrogen and oxygen atoms in total. The van der Waals surface area contributed by atoms with Gasteiger partial charge in [0.25, 0.3) is 5.91 Å². The van der Waals surface area contributed by atoms with Crippen molar-refractivity contribution in [3.63, 3.8) is 0 Å². The quantitative estimate of drug-likeness (QED) is 0.786. The zero-order valence-electron chi connectivity index (χ0n) is 11.7. The van der Waals surface area contributed by atoms with Crippen molar-refractivity contribution in [2.24, 2.45) is 0 Å². The van der Waals surface area contributed by atoms with Crippen LogP contribution in [0.5, 0.6) is 0 Å². The molecule has 0 aliphatic carbocycles. The minimum Gasteiger partial charge on any atom is -0.340 e. The second-order valence-corrected chi connectivity index (χ2v) is 4.90. The minimum atomic E-state index is -0.0765. The Morgan fingerprint density at radius 1 is 1.50 bits per heavy atom. The van der Waals surface area contributed by atoms with E-state index in [-0.39, 0.29) is 5.91 Å². The number of carbonyl (C=O) groups excluding carboxylic acids is 1. The van der Waals surface area contributed by atoms with Crippen molar-refractivity contribution in [2.45, 2.75) is 25.4 Å². The zero-order valence-corrected chi connectivity index (χ0v) is 12.5. The normalized spacial score (nSPS) is 10.6. The van der Waals surface area contributed by atoms with Crippen LogP contribution in [0.15, 0.2) is 27.9 Å². The molecule has 20 heavy (non-hydrogen) atoms. The summed E-state index contributed by atoms with van der Waals surface area (Å²) in [5, 5.41) is 4.54. The largest absolute Gasteiger partial charge is 0.340 e. The summed E-state index contributed by atoms with van der Waals surface area (Å²) in [6.45, 7) is 4.53. The number of rotatable bonds is 5. The lowest BCUT2D eigenvalue weighted by Crippen LogP contribution is -2.31. The third-order valence-electron chi connectivity index (χ3n) is 2.77. The van der Waals surface area contributed by atoms with E-state index in [0.29, 0.717) is 30.4 Å². The Bertz CT molecular complexity index is 600. The maximum atomic E-state index is 12.6. The predicted molar refractivity (Wildman–Crippen MR) is 75.5 cm³/mol. The van der Waals surface area contributed by atoms with Crippen molar-refractivity contribution in [3.05, 3.63) is 35.6 Å². The molecule has 0 unspecified atom stereocenters.